The van der Waals surface area contributed by atoms with Gasteiger partial charge in [0.2, 0.25) is 5.91 Å². The molecule has 0 saturated heterocycles. The second-order valence-electron chi connectivity index (χ2n) is 7.72. The number of nitrogens with two attached hydrogens (primary N) is 1. The molecule has 0 aromatic heterocycles. The maximum absolute atomic E-state index is 11.5. The number of carbonyl (C=O) groups is 1. The Morgan fingerprint density at radius 3 is 1.96 bits per heavy atom. The van der Waals surface area contributed by atoms with Crippen molar-refractivity contribution in [2.75, 3.05) is 18.0 Å². The lowest BCUT2D eigenvalue weighted by Crippen LogP contribution is -2.35. The summed E-state index contributed by atoms with van der Waals surface area (Å²) >= 11 is 5.94. The van der Waals surface area contributed by atoms with Crippen molar-refractivity contribution in [3.63, 3.8) is 0 Å². The Labute approximate surface area is 168 Å². The Bertz CT molecular complexity index is 710. The lowest BCUT2D eigenvalue weighted by Gasteiger charge is -2.28. The largest absolute Gasteiger partial charge is 0.371 e. The van der Waals surface area contributed by atoms with Crippen LogP contribution in [0.4, 0.5) is 5.69 Å². The SMILES string of the molecule is CC(C)CCN(CC(C)C(N)=O)c1ccc(CCc2ccc(Cl)cc2)cc1. The highest BCUT2D eigenvalue weighted by atomic mass is 35.5. The molecule has 3 nitrogen and oxygen atoms in total. The van der Waals surface area contributed by atoms with Crippen LogP contribution in [0.2, 0.25) is 5.02 Å². The normalized spacial score (nSPS) is 12.2. The second-order valence-corrected chi connectivity index (χ2v) is 8.16. The van der Waals surface area contributed by atoms with Gasteiger partial charge in [0.1, 0.15) is 0 Å². The van der Waals surface area contributed by atoms with Gasteiger partial charge in [-0.15, -0.1) is 0 Å². The molecule has 1 atom stereocenters. The third-order valence-electron chi connectivity index (χ3n) is 4.87. The maximum Gasteiger partial charge on any atom is 0.222 e. The number of primary amides is 1. The van der Waals surface area contributed by atoms with Gasteiger partial charge < -0.3 is 10.6 Å². The molecule has 0 saturated carbocycles. The number of carbonyl (C=O) groups excluding carboxylic acids is 1. The molecule has 0 heterocycles. The van der Waals surface area contributed by atoms with E-state index < -0.39 is 0 Å². The second kappa shape index (κ2) is 10.4. The summed E-state index contributed by atoms with van der Waals surface area (Å²) in [4.78, 5) is 13.8. The Balaban J connectivity index is 2.01. The van der Waals surface area contributed by atoms with Crippen LogP contribution in [0.1, 0.15) is 38.3 Å². The first kappa shape index (κ1) is 21.3. The highest BCUT2D eigenvalue weighted by Crippen LogP contribution is 2.20. The van der Waals surface area contributed by atoms with E-state index >= 15 is 0 Å². The Kier molecular flexibility index (Phi) is 8.18. The molecule has 27 heavy (non-hydrogen) atoms. The molecule has 0 aliphatic heterocycles. The van der Waals surface area contributed by atoms with Crippen molar-refractivity contribution in [2.45, 2.75) is 40.0 Å². The fourth-order valence-corrected chi connectivity index (χ4v) is 3.10. The molecule has 1 unspecified atom stereocenters. The van der Waals surface area contributed by atoms with E-state index in [1.54, 1.807) is 0 Å². The smallest absolute Gasteiger partial charge is 0.222 e. The third-order valence-corrected chi connectivity index (χ3v) is 5.13. The molecule has 0 fully saturated rings. The molecule has 2 rings (SSSR count). The first-order valence-corrected chi connectivity index (χ1v) is 10.1. The Hall–Kier alpha value is -2.00. The molecule has 2 N–H and O–H groups in total. The van der Waals surface area contributed by atoms with E-state index in [0.29, 0.717) is 12.5 Å². The number of aryl methyl sites for hydroxylation is 2. The molecule has 4 heteroatoms. The molecule has 0 bridgehead atoms. The van der Waals surface area contributed by atoms with E-state index in [2.05, 4.69) is 55.1 Å². The average Bonchev–Trinajstić information content (AvgIpc) is 2.64. The average molecular weight is 387 g/mol. The third kappa shape index (κ3) is 7.26. The monoisotopic (exact) mass is 386 g/mol. The van der Waals surface area contributed by atoms with Gasteiger partial charge in [0.15, 0.2) is 0 Å². The van der Waals surface area contributed by atoms with Crippen molar-refractivity contribution < 1.29 is 4.79 Å². The number of anilines is 1. The predicted molar refractivity (Wildman–Crippen MR) is 115 cm³/mol. The minimum Gasteiger partial charge on any atom is -0.371 e. The van der Waals surface area contributed by atoms with Crippen LogP contribution in [0, 0.1) is 11.8 Å². The van der Waals surface area contributed by atoms with Crippen LogP contribution in [0.3, 0.4) is 0 Å². The zero-order valence-electron chi connectivity index (χ0n) is 16.6. The summed E-state index contributed by atoms with van der Waals surface area (Å²) in [5.74, 6) is 0.209. The molecular formula is C23H31ClN2O. The number of halogens is 1. The van der Waals surface area contributed by atoms with Crippen LogP contribution < -0.4 is 10.6 Å². The van der Waals surface area contributed by atoms with Crippen molar-refractivity contribution in [3.05, 3.63) is 64.7 Å². The number of benzene rings is 2. The molecular weight excluding hydrogens is 356 g/mol. The first-order chi connectivity index (χ1) is 12.8. The van der Waals surface area contributed by atoms with E-state index in [1.807, 2.05) is 19.1 Å². The maximum atomic E-state index is 11.5. The quantitative estimate of drug-likeness (QED) is 0.617. The van der Waals surface area contributed by atoms with Gasteiger partial charge in [-0.25, -0.2) is 0 Å². The van der Waals surface area contributed by atoms with Gasteiger partial charge in [0.25, 0.3) is 0 Å². The van der Waals surface area contributed by atoms with Crippen LogP contribution in [-0.4, -0.2) is 19.0 Å². The standard InChI is InChI=1S/C23H31ClN2O/c1-17(2)14-15-26(16-18(3)23(25)27)22-12-8-20(9-13-22)5-4-19-6-10-21(24)11-7-19/h6-13,17-18H,4-5,14-16H2,1-3H3,(H2,25,27). The van der Waals surface area contributed by atoms with Gasteiger partial charge in [0.05, 0.1) is 5.92 Å². The van der Waals surface area contributed by atoms with Gasteiger partial charge >= 0.3 is 0 Å². The Morgan fingerprint density at radius 2 is 1.48 bits per heavy atom. The van der Waals surface area contributed by atoms with Gasteiger partial charge in [-0.2, -0.15) is 0 Å². The van der Waals surface area contributed by atoms with Crippen molar-refractivity contribution in [1.29, 1.82) is 0 Å². The number of nitrogens with zero attached hydrogens (tertiary/aromatic N) is 1. The van der Waals surface area contributed by atoms with Gasteiger partial charge in [-0.1, -0.05) is 56.6 Å². The minimum absolute atomic E-state index is 0.165. The lowest BCUT2D eigenvalue weighted by molar-refractivity contribution is -0.121. The molecule has 0 spiro atoms. The van der Waals surface area contributed by atoms with Crippen LogP contribution in [-0.2, 0) is 17.6 Å². The van der Waals surface area contributed by atoms with Gasteiger partial charge in [-0.05, 0) is 60.6 Å². The fourth-order valence-electron chi connectivity index (χ4n) is 2.97. The molecule has 2 aromatic carbocycles. The van der Waals surface area contributed by atoms with E-state index in [0.717, 1.165) is 36.5 Å². The van der Waals surface area contributed by atoms with Crippen LogP contribution in [0.5, 0.6) is 0 Å². The van der Waals surface area contributed by atoms with Crippen molar-refractivity contribution >= 4 is 23.2 Å². The molecule has 2 aromatic rings. The number of rotatable bonds is 10. The summed E-state index contributed by atoms with van der Waals surface area (Å²) in [6, 6.07) is 16.7. The van der Waals surface area contributed by atoms with Crippen molar-refractivity contribution in [2.24, 2.45) is 17.6 Å². The van der Waals surface area contributed by atoms with Gasteiger partial charge in [-0.3, -0.25) is 4.79 Å². The van der Waals surface area contributed by atoms with E-state index in [4.69, 9.17) is 17.3 Å². The molecule has 0 radical (unpaired) electrons. The topological polar surface area (TPSA) is 46.3 Å². The highest BCUT2D eigenvalue weighted by Gasteiger charge is 2.15. The van der Waals surface area contributed by atoms with Crippen molar-refractivity contribution in [3.8, 4) is 0 Å². The summed E-state index contributed by atoms with van der Waals surface area (Å²) in [5, 5.41) is 0.773. The molecule has 0 aliphatic carbocycles. The van der Waals surface area contributed by atoms with E-state index in [9.17, 15) is 4.79 Å². The molecule has 1 amide bonds. The molecule has 146 valence electrons. The highest BCUT2D eigenvalue weighted by molar-refractivity contribution is 6.30. The van der Waals surface area contributed by atoms with Crippen LogP contribution in [0.25, 0.3) is 0 Å². The zero-order valence-corrected chi connectivity index (χ0v) is 17.4. The summed E-state index contributed by atoms with van der Waals surface area (Å²) in [5.41, 5.74) is 9.22. The predicted octanol–water partition coefficient (Wildman–Crippen LogP) is 5.10. The minimum atomic E-state index is -0.246. The Morgan fingerprint density at radius 1 is 0.963 bits per heavy atom. The van der Waals surface area contributed by atoms with Crippen LogP contribution in [0.15, 0.2) is 48.5 Å². The number of hydrogen-bond acceptors (Lipinski definition) is 2. The van der Waals surface area contributed by atoms with Crippen LogP contribution >= 0.6 is 11.6 Å². The van der Waals surface area contributed by atoms with Gasteiger partial charge in [0, 0.05) is 23.8 Å². The zero-order chi connectivity index (χ0) is 19.8. The first-order valence-electron chi connectivity index (χ1n) is 9.72. The number of amides is 1. The summed E-state index contributed by atoms with van der Waals surface area (Å²) in [6.07, 6.45) is 3.07. The fraction of sp³-hybridized carbons (Fsp3) is 0.435. The lowest BCUT2D eigenvalue weighted by atomic mass is 10.0. The summed E-state index contributed by atoms with van der Waals surface area (Å²) in [7, 11) is 0. The summed E-state index contributed by atoms with van der Waals surface area (Å²) in [6.45, 7) is 7.92. The van der Waals surface area contributed by atoms with E-state index in [1.165, 1.54) is 11.1 Å². The molecule has 0 aliphatic rings. The van der Waals surface area contributed by atoms with E-state index in [-0.39, 0.29) is 11.8 Å². The van der Waals surface area contributed by atoms with Crippen molar-refractivity contribution in [1.82, 2.24) is 0 Å². The summed E-state index contributed by atoms with van der Waals surface area (Å²) < 4.78 is 0. The number of hydrogen-bond donors (Lipinski definition) is 1.